The molecule has 0 spiro atoms. The van der Waals surface area contributed by atoms with Crippen LogP contribution in [0.25, 0.3) is 10.9 Å². The van der Waals surface area contributed by atoms with Crippen LogP contribution in [0, 0.1) is 12.7 Å². The summed E-state index contributed by atoms with van der Waals surface area (Å²) >= 11 is 0. The van der Waals surface area contributed by atoms with E-state index in [1.54, 1.807) is 13.8 Å². The molecule has 2 N–H and O–H groups in total. The zero-order valence-electron chi connectivity index (χ0n) is 18.8. The molecule has 1 atom stereocenters. The quantitative estimate of drug-likeness (QED) is 0.479. The van der Waals surface area contributed by atoms with Crippen LogP contribution in [0.1, 0.15) is 56.1 Å². The average Bonchev–Trinajstić information content (AvgIpc) is 3.56. The number of alkyl halides is 3. The number of hydrogen-bond acceptors (Lipinski definition) is 5. The van der Waals surface area contributed by atoms with Crippen LogP contribution in [0.2, 0.25) is 0 Å². The van der Waals surface area contributed by atoms with Crippen molar-refractivity contribution in [3.05, 3.63) is 57.5 Å². The molecule has 4 rings (SSSR count). The number of pyridine rings is 1. The normalized spacial score (nSPS) is 15.4. The molecule has 2 aromatic heterocycles. The third kappa shape index (κ3) is 4.10. The number of nitrogens with zero attached hydrogens (tertiary/aromatic N) is 3. The van der Waals surface area contributed by atoms with Crippen molar-refractivity contribution in [3.63, 3.8) is 0 Å². The summed E-state index contributed by atoms with van der Waals surface area (Å²) in [6, 6.07) is 2.95. The van der Waals surface area contributed by atoms with Gasteiger partial charge in [-0.15, -0.1) is 0 Å². The van der Waals surface area contributed by atoms with Crippen LogP contribution in [-0.4, -0.2) is 27.1 Å². The van der Waals surface area contributed by atoms with Gasteiger partial charge in [-0.2, -0.15) is 0 Å². The molecule has 11 heteroatoms. The Bertz CT molecular complexity index is 1340. The topological polar surface area (TPSA) is 88.9 Å². The zero-order chi connectivity index (χ0) is 24.8. The molecule has 1 fully saturated rings. The summed E-state index contributed by atoms with van der Waals surface area (Å²) < 4.78 is 56.1. The molecule has 1 saturated carbocycles. The van der Waals surface area contributed by atoms with Crippen molar-refractivity contribution in [1.29, 1.82) is 0 Å². The first-order valence-corrected chi connectivity index (χ1v) is 10.7. The summed E-state index contributed by atoms with van der Waals surface area (Å²) in [5.41, 5.74) is -2.29. The van der Waals surface area contributed by atoms with Gasteiger partial charge in [0.05, 0.1) is 22.5 Å². The Morgan fingerprint density at radius 1 is 1.24 bits per heavy atom. The van der Waals surface area contributed by atoms with E-state index in [-0.39, 0.29) is 28.4 Å². The number of nitrogens with one attached hydrogen (secondary N) is 2. The molecule has 0 unspecified atom stereocenters. The van der Waals surface area contributed by atoms with Gasteiger partial charge in [-0.3, -0.25) is 9.59 Å². The molecular weight excluding hydrogens is 454 g/mol. The maximum absolute atomic E-state index is 14.7. The van der Waals surface area contributed by atoms with Gasteiger partial charge >= 0.3 is 0 Å². The van der Waals surface area contributed by atoms with Crippen LogP contribution in [-0.2, 0) is 10.3 Å². The highest BCUT2D eigenvalue weighted by molar-refractivity contribution is 6.02. The highest BCUT2D eigenvalue weighted by atomic mass is 19.3. The van der Waals surface area contributed by atoms with Gasteiger partial charge in [0, 0.05) is 18.7 Å². The van der Waals surface area contributed by atoms with Gasteiger partial charge in [0.2, 0.25) is 5.91 Å². The molecule has 7 nitrogen and oxygen atoms in total. The van der Waals surface area contributed by atoms with Crippen molar-refractivity contribution < 1.29 is 22.4 Å². The minimum Gasteiger partial charge on any atom is -0.363 e. The number of benzene rings is 1. The van der Waals surface area contributed by atoms with E-state index in [0.29, 0.717) is 18.2 Å². The summed E-state index contributed by atoms with van der Waals surface area (Å²) in [4.78, 5) is 33.6. The summed E-state index contributed by atoms with van der Waals surface area (Å²) in [5.74, 6) is -1.10. The highest BCUT2D eigenvalue weighted by Gasteiger charge is 2.46. The smallest absolute Gasteiger partial charge is 0.277 e. The maximum Gasteiger partial charge on any atom is 0.277 e. The van der Waals surface area contributed by atoms with E-state index < -0.39 is 47.5 Å². The van der Waals surface area contributed by atoms with Gasteiger partial charge in [-0.1, -0.05) is 18.2 Å². The Morgan fingerprint density at radius 3 is 2.50 bits per heavy atom. The highest BCUT2D eigenvalue weighted by Crippen LogP contribution is 2.44. The number of rotatable bonds is 7. The van der Waals surface area contributed by atoms with Crippen LogP contribution in [0.5, 0.6) is 0 Å². The van der Waals surface area contributed by atoms with Crippen molar-refractivity contribution in [1.82, 2.24) is 14.5 Å². The Labute approximate surface area is 192 Å². The standard InChI is InChI=1S/C23H23F4N5O2/c1-11(14-5-4-6-15(17(14)25)20(26)27)28-21-16-9-32(23(10-24)7-8-23)22(34)19(31-13(3)33)18(16)29-12(2)30-21/h4-6,9,11,20H,7-8,10H2,1-3H3,(H,31,33)(H,28,29,30)/t11-/m1/s1. The number of halogens is 4. The Kier molecular flexibility index (Phi) is 6.05. The van der Waals surface area contributed by atoms with E-state index in [1.165, 1.54) is 29.8 Å². The third-order valence-corrected chi connectivity index (χ3v) is 5.99. The third-order valence-electron chi connectivity index (χ3n) is 5.99. The van der Waals surface area contributed by atoms with Crippen LogP contribution >= 0.6 is 0 Å². The molecule has 0 aliphatic heterocycles. The van der Waals surface area contributed by atoms with Gasteiger partial charge in [-0.25, -0.2) is 27.5 Å². The Hall–Kier alpha value is -3.50. The van der Waals surface area contributed by atoms with E-state index >= 15 is 0 Å². The van der Waals surface area contributed by atoms with Crippen molar-refractivity contribution >= 4 is 28.3 Å². The van der Waals surface area contributed by atoms with E-state index in [9.17, 15) is 27.2 Å². The number of aromatic nitrogens is 3. The minimum atomic E-state index is -2.97. The lowest BCUT2D eigenvalue weighted by atomic mass is 10.0. The summed E-state index contributed by atoms with van der Waals surface area (Å²) in [7, 11) is 0. The fourth-order valence-corrected chi connectivity index (χ4v) is 3.99. The maximum atomic E-state index is 14.7. The van der Waals surface area contributed by atoms with Gasteiger partial charge in [-0.05, 0) is 26.7 Å². The molecule has 2 heterocycles. The average molecular weight is 477 g/mol. The Morgan fingerprint density at radius 2 is 1.91 bits per heavy atom. The summed E-state index contributed by atoms with van der Waals surface area (Å²) in [6.45, 7) is 3.61. The van der Waals surface area contributed by atoms with Crippen molar-refractivity contribution in [3.8, 4) is 0 Å². The number of fused-ring (bicyclic) bond motifs is 1. The second-order valence-corrected chi connectivity index (χ2v) is 8.52. The van der Waals surface area contributed by atoms with Crippen LogP contribution in [0.3, 0.4) is 0 Å². The number of anilines is 2. The van der Waals surface area contributed by atoms with Crippen molar-refractivity contribution in [2.24, 2.45) is 0 Å². The second kappa shape index (κ2) is 8.69. The van der Waals surface area contributed by atoms with Gasteiger partial charge < -0.3 is 15.2 Å². The predicted molar refractivity (Wildman–Crippen MR) is 119 cm³/mol. The first-order valence-electron chi connectivity index (χ1n) is 10.7. The largest absolute Gasteiger partial charge is 0.363 e. The Balaban J connectivity index is 1.88. The van der Waals surface area contributed by atoms with Gasteiger partial charge in [0.25, 0.3) is 12.0 Å². The second-order valence-electron chi connectivity index (χ2n) is 8.52. The molecule has 1 amide bonds. The molecule has 0 radical (unpaired) electrons. The van der Waals surface area contributed by atoms with E-state index in [4.69, 9.17) is 0 Å². The SMILES string of the molecule is CC(=O)Nc1c(=O)n(C2(CF)CC2)cc2c(N[C@H](C)c3cccc(C(F)F)c3F)nc(C)nc12. The number of carbonyl (C=O) groups is 1. The molecule has 0 bridgehead atoms. The molecule has 1 aromatic carbocycles. The number of amides is 1. The van der Waals surface area contributed by atoms with Gasteiger partial charge in [0.1, 0.15) is 35.3 Å². The number of hydrogen-bond donors (Lipinski definition) is 2. The molecule has 0 saturated heterocycles. The monoisotopic (exact) mass is 477 g/mol. The molecule has 3 aromatic rings. The minimum absolute atomic E-state index is 0.0000395. The van der Waals surface area contributed by atoms with E-state index in [2.05, 4.69) is 20.6 Å². The summed E-state index contributed by atoms with van der Waals surface area (Å²) in [5, 5.41) is 5.80. The lowest BCUT2D eigenvalue weighted by molar-refractivity contribution is -0.114. The molecule has 180 valence electrons. The predicted octanol–water partition coefficient (Wildman–Crippen LogP) is 4.77. The first kappa shape index (κ1) is 23.7. The first-order chi connectivity index (χ1) is 16.1. The molecular formula is C23H23F4N5O2. The zero-order valence-corrected chi connectivity index (χ0v) is 18.8. The molecule has 1 aliphatic rings. The molecule has 34 heavy (non-hydrogen) atoms. The van der Waals surface area contributed by atoms with E-state index in [1.807, 2.05) is 0 Å². The van der Waals surface area contributed by atoms with Crippen LogP contribution in [0.15, 0.2) is 29.2 Å². The van der Waals surface area contributed by atoms with Crippen LogP contribution < -0.4 is 16.2 Å². The van der Waals surface area contributed by atoms with Crippen molar-refractivity contribution in [2.45, 2.75) is 51.6 Å². The molecule has 1 aliphatic carbocycles. The fourth-order valence-electron chi connectivity index (χ4n) is 3.99. The summed E-state index contributed by atoms with van der Waals surface area (Å²) in [6.07, 6.45) is -0.646. The van der Waals surface area contributed by atoms with Crippen LogP contribution in [0.4, 0.5) is 29.1 Å². The van der Waals surface area contributed by atoms with Gasteiger partial charge in [0.15, 0.2) is 0 Å². The van der Waals surface area contributed by atoms with Crippen molar-refractivity contribution in [2.75, 3.05) is 17.3 Å². The number of aryl methyl sites for hydroxylation is 1. The lowest BCUT2D eigenvalue weighted by Crippen LogP contribution is -2.34. The fraction of sp³-hybridized carbons (Fsp3) is 0.391. The van der Waals surface area contributed by atoms with E-state index in [0.717, 1.165) is 6.07 Å². The number of carbonyl (C=O) groups excluding carboxylic acids is 1. The lowest BCUT2D eigenvalue weighted by Gasteiger charge is -2.21.